The first-order valence-corrected chi connectivity index (χ1v) is 7.47. The van der Waals surface area contributed by atoms with Gasteiger partial charge in [0.1, 0.15) is 0 Å². The fourth-order valence-electron chi connectivity index (χ4n) is 3.19. The van der Waals surface area contributed by atoms with Crippen molar-refractivity contribution in [1.29, 1.82) is 0 Å². The Morgan fingerprint density at radius 3 is 2.47 bits per heavy atom. The summed E-state index contributed by atoms with van der Waals surface area (Å²) in [6.07, 6.45) is 6.62. The molecule has 19 heavy (non-hydrogen) atoms. The maximum atomic E-state index is 4.08. The first-order valence-electron chi connectivity index (χ1n) is 7.47. The van der Waals surface area contributed by atoms with Crippen LogP contribution in [-0.2, 0) is 7.05 Å². The van der Waals surface area contributed by atoms with Gasteiger partial charge in [-0.2, -0.15) is 0 Å². The molecule has 0 aromatic carbocycles. The van der Waals surface area contributed by atoms with Crippen LogP contribution < -0.4 is 10.2 Å². The van der Waals surface area contributed by atoms with Crippen molar-refractivity contribution >= 4 is 5.95 Å². The molecule has 6 nitrogen and oxygen atoms in total. The van der Waals surface area contributed by atoms with Crippen molar-refractivity contribution in [3.05, 3.63) is 0 Å². The van der Waals surface area contributed by atoms with Crippen LogP contribution in [0.3, 0.4) is 0 Å². The normalized spacial score (nSPS) is 23.4. The van der Waals surface area contributed by atoms with E-state index in [1.807, 2.05) is 7.05 Å². The summed E-state index contributed by atoms with van der Waals surface area (Å²) in [5.41, 5.74) is 0. The number of rotatable bonds is 4. The predicted octanol–water partition coefficient (Wildman–Crippen LogP) is 0.957. The van der Waals surface area contributed by atoms with Crippen LogP contribution in [0.2, 0.25) is 0 Å². The van der Waals surface area contributed by atoms with E-state index in [-0.39, 0.29) is 0 Å². The number of hydrogen-bond donors (Lipinski definition) is 1. The lowest BCUT2D eigenvalue weighted by Gasteiger charge is -2.38. The van der Waals surface area contributed by atoms with E-state index in [9.17, 15) is 0 Å². The summed E-state index contributed by atoms with van der Waals surface area (Å²) >= 11 is 0. The molecule has 0 bridgehead atoms. The minimum Gasteiger partial charge on any atom is -0.340 e. The Hall–Kier alpha value is -1.17. The second-order valence-corrected chi connectivity index (χ2v) is 6.01. The molecule has 1 aliphatic carbocycles. The van der Waals surface area contributed by atoms with E-state index in [1.54, 1.807) is 4.68 Å². The standard InChI is InChI=1S/C13H24N6/c1-10(11-4-3-5-11)14-12-6-8-19(9-7-12)13-15-16-17-18(13)2/h10-12,14H,3-9H2,1-2H3. The van der Waals surface area contributed by atoms with E-state index >= 15 is 0 Å². The zero-order valence-corrected chi connectivity index (χ0v) is 11.9. The van der Waals surface area contributed by atoms with Gasteiger partial charge in [-0.25, -0.2) is 4.68 Å². The molecule has 3 rings (SSSR count). The molecule has 2 fully saturated rings. The van der Waals surface area contributed by atoms with Crippen molar-refractivity contribution in [2.45, 2.75) is 51.1 Å². The Balaban J connectivity index is 1.48. The third-order valence-electron chi connectivity index (χ3n) is 4.73. The van der Waals surface area contributed by atoms with Crippen LogP contribution in [0.15, 0.2) is 0 Å². The molecule has 1 aromatic heterocycles. The summed E-state index contributed by atoms with van der Waals surface area (Å²) in [7, 11) is 1.90. The number of nitrogens with one attached hydrogen (secondary N) is 1. The fourth-order valence-corrected chi connectivity index (χ4v) is 3.19. The van der Waals surface area contributed by atoms with E-state index in [2.05, 4.69) is 32.7 Å². The number of piperidine rings is 1. The molecule has 0 radical (unpaired) electrons. The minimum atomic E-state index is 0.660. The number of aryl methyl sites for hydroxylation is 1. The van der Waals surface area contributed by atoms with Crippen LogP contribution in [0.4, 0.5) is 5.95 Å². The Morgan fingerprint density at radius 1 is 1.21 bits per heavy atom. The number of hydrogen-bond acceptors (Lipinski definition) is 5. The van der Waals surface area contributed by atoms with E-state index in [0.29, 0.717) is 12.1 Å². The third kappa shape index (κ3) is 2.73. The highest BCUT2D eigenvalue weighted by atomic mass is 15.6. The van der Waals surface area contributed by atoms with Gasteiger partial charge in [-0.15, -0.1) is 0 Å². The van der Waals surface area contributed by atoms with Gasteiger partial charge >= 0.3 is 0 Å². The Morgan fingerprint density at radius 2 is 1.95 bits per heavy atom. The molecule has 1 unspecified atom stereocenters. The highest BCUT2D eigenvalue weighted by Gasteiger charge is 2.28. The Kier molecular flexibility index (Phi) is 3.68. The molecule has 0 spiro atoms. The van der Waals surface area contributed by atoms with Crippen molar-refractivity contribution in [3.63, 3.8) is 0 Å². The van der Waals surface area contributed by atoms with Crippen LogP contribution in [-0.4, -0.2) is 45.4 Å². The monoisotopic (exact) mass is 264 g/mol. The smallest absolute Gasteiger partial charge is 0.245 e. The lowest BCUT2D eigenvalue weighted by atomic mass is 9.80. The molecule has 1 N–H and O–H groups in total. The third-order valence-corrected chi connectivity index (χ3v) is 4.73. The lowest BCUT2D eigenvalue weighted by Crippen LogP contribution is -2.48. The maximum absolute atomic E-state index is 4.08. The van der Waals surface area contributed by atoms with Gasteiger partial charge in [0.25, 0.3) is 0 Å². The van der Waals surface area contributed by atoms with Crippen molar-refractivity contribution < 1.29 is 0 Å². The average Bonchev–Trinajstić information content (AvgIpc) is 2.74. The maximum Gasteiger partial charge on any atom is 0.245 e. The summed E-state index contributed by atoms with van der Waals surface area (Å²) < 4.78 is 1.75. The topological polar surface area (TPSA) is 58.9 Å². The molecule has 1 atom stereocenters. The van der Waals surface area contributed by atoms with Crippen molar-refractivity contribution in [2.24, 2.45) is 13.0 Å². The van der Waals surface area contributed by atoms with E-state index in [0.717, 1.165) is 25.0 Å². The van der Waals surface area contributed by atoms with Gasteiger partial charge in [0.05, 0.1) is 0 Å². The summed E-state index contributed by atoms with van der Waals surface area (Å²) in [5.74, 6) is 1.81. The largest absolute Gasteiger partial charge is 0.340 e. The van der Waals surface area contributed by atoms with Gasteiger partial charge in [0.2, 0.25) is 5.95 Å². The van der Waals surface area contributed by atoms with Gasteiger partial charge in [-0.05, 0) is 49.0 Å². The van der Waals surface area contributed by atoms with Crippen molar-refractivity contribution in [3.8, 4) is 0 Å². The quantitative estimate of drug-likeness (QED) is 0.877. The Labute approximate surface area is 114 Å². The number of nitrogens with zero attached hydrogens (tertiary/aromatic N) is 5. The van der Waals surface area contributed by atoms with Crippen molar-refractivity contribution in [1.82, 2.24) is 25.5 Å². The molecule has 2 heterocycles. The predicted molar refractivity (Wildman–Crippen MR) is 74.0 cm³/mol. The highest BCUT2D eigenvalue weighted by molar-refractivity contribution is 5.28. The van der Waals surface area contributed by atoms with Crippen molar-refractivity contribution in [2.75, 3.05) is 18.0 Å². The summed E-state index contributed by atoms with van der Waals surface area (Å²) in [6.45, 7) is 4.44. The SMILES string of the molecule is CC(NC1CCN(c2nnnn2C)CC1)C1CCC1. The van der Waals surface area contributed by atoms with Gasteiger partial charge in [-0.1, -0.05) is 11.5 Å². The molecule has 106 valence electrons. The second kappa shape index (κ2) is 5.45. The van der Waals surface area contributed by atoms with E-state index in [1.165, 1.54) is 32.1 Å². The molecular formula is C13H24N6. The number of aromatic nitrogens is 4. The highest BCUT2D eigenvalue weighted by Crippen LogP contribution is 2.30. The van der Waals surface area contributed by atoms with E-state index < -0.39 is 0 Å². The zero-order valence-electron chi connectivity index (χ0n) is 11.9. The van der Waals surface area contributed by atoms with Crippen LogP contribution >= 0.6 is 0 Å². The van der Waals surface area contributed by atoms with E-state index in [4.69, 9.17) is 0 Å². The molecule has 1 saturated carbocycles. The molecular weight excluding hydrogens is 240 g/mol. The molecule has 2 aliphatic rings. The van der Waals surface area contributed by atoms with Gasteiger partial charge < -0.3 is 10.2 Å². The summed E-state index contributed by atoms with van der Waals surface area (Å²) in [6, 6.07) is 1.34. The first-order chi connectivity index (χ1) is 9.24. The molecule has 1 aliphatic heterocycles. The fraction of sp³-hybridized carbons (Fsp3) is 0.923. The van der Waals surface area contributed by atoms with Crippen LogP contribution in [0.25, 0.3) is 0 Å². The lowest BCUT2D eigenvalue weighted by molar-refractivity contribution is 0.217. The van der Waals surface area contributed by atoms with Crippen LogP contribution in [0, 0.1) is 5.92 Å². The Bertz CT molecular complexity index is 405. The minimum absolute atomic E-state index is 0.660. The first kappa shape index (κ1) is 12.8. The average molecular weight is 264 g/mol. The van der Waals surface area contributed by atoms with Gasteiger partial charge in [-0.3, -0.25) is 0 Å². The number of tetrazole rings is 1. The molecule has 6 heteroatoms. The van der Waals surface area contributed by atoms with Gasteiger partial charge in [0, 0.05) is 32.2 Å². The van der Waals surface area contributed by atoms with Crippen LogP contribution in [0.1, 0.15) is 39.0 Å². The summed E-state index contributed by atoms with van der Waals surface area (Å²) in [4.78, 5) is 2.28. The number of anilines is 1. The van der Waals surface area contributed by atoms with Gasteiger partial charge in [0.15, 0.2) is 0 Å². The molecule has 1 saturated heterocycles. The zero-order chi connectivity index (χ0) is 13.2. The molecule has 1 aromatic rings. The van der Waals surface area contributed by atoms with Crippen LogP contribution in [0.5, 0.6) is 0 Å². The molecule has 0 amide bonds. The second-order valence-electron chi connectivity index (χ2n) is 6.01. The summed E-state index contributed by atoms with van der Waals surface area (Å²) in [5, 5.41) is 15.5.